The molecule has 0 fully saturated rings. The molecule has 5 heteroatoms. The molecule has 0 aliphatic heterocycles. The monoisotopic (exact) mass is 287 g/mol. The van der Waals surface area contributed by atoms with Crippen molar-refractivity contribution in [2.45, 2.75) is 26.9 Å². The lowest BCUT2D eigenvalue weighted by molar-refractivity contribution is -0.116. The minimum Gasteiger partial charge on any atom is -0.348 e. The van der Waals surface area contributed by atoms with Gasteiger partial charge in [-0.25, -0.2) is 4.39 Å². The van der Waals surface area contributed by atoms with Crippen molar-refractivity contribution in [2.24, 2.45) is 0 Å². The minimum absolute atomic E-state index is 0.192. The highest BCUT2D eigenvalue weighted by Crippen LogP contribution is 2.07. The van der Waals surface area contributed by atoms with Crippen LogP contribution in [0.5, 0.6) is 0 Å². The molecular weight excluding hydrogens is 269 g/mol. The summed E-state index contributed by atoms with van der Waals surface area (Å²) in [5.74, 6) is -0.483. The van der Waals surface area contributed by atoms with Gasteiger partial charge in [0.05, 0.1) is 6.20 Å². The van der Waals surface area contributed by atoms with Crippen LogP contribution in [0.4, 0.5) is 4.39 Å². The van der Waals surface area contributed by atoms with E-state index in [2.05, 4.69) is 10.4 Å². The first-order valence-corrected chi connectivity index (χ1v) is 6.83. The molecule has 1 heterocycles. The van der Waals surface area contributed by atoms with Gasteiger partial charge in [0, 0.05) is 30.4 Å². The molecular formula is C16H18FN3O. The Balaban J connectivity index is 1.89. The van der Waals surface area contributed by atoms with E-state index in [1.165, 1.54) is 18.2 Å². The highest BCUT2D eigenvalue weighted by atomic mass is 19.1. The van der Waals surface area contributed by atoms with Crippen molar-refractivity contribution in [2.75, 3.05) is 0 Å². The summed E-state index contributed by atoms with van der Waals surface area (Å²) in [6, 6.07) is 5.96. The maximum absolute atomic E-state index is 12.8. The van der Waals surface area contributed by atoms with Gasteiger partial charge in [0.1, 0.15) is 5.82 Å². The minimum atomic E-state index is -0.292. The van der Waals surface area contributed by atoms with Crippen molar-refractivity contribution in [3.63, 3.8) is 0 Å². The number of rotatable bonds is 5. The average molecular weight is 287 g/mol. The predicted molar refractivity (Wildman–Crippen MR) is 79.9 cm³/mol. The van der Waals surface area contributed by atoms with Gasteiger partial charge < -0.3 is 5.32 Å². The van der Waals surface area contributed by atoms with E-state index < -0.39 is 0 Å². The molecule has 0 saturated carbocycles. The summed E-state index contributed by atoms with van der Waals surface area (Å²) in [7, 11) is 0. The number of carbonyl (C=O) groups is 1. The third kappa shape index (κ3) is 4.02. The molecule has 0 aliphatic rings. The zero-order valence-electron chi connectivity index (χ0n) is 12.1. The number of nitrogens with one attached hydrogen (secondary N) is 1. The molecule has 1 N–H and O–H groups in total. The Morgan fingerprint density at radius 3 is 2.71 bits per heavy atom. The molecule has 2 rings (SSSR count). The summed E-state index contributed by atoms with van der Waals surface area (Å²) in [5.41, 5.74) is 2.84. The van der Waals surface area contributed by atoms with Gasteiger partial charge in [0.25, 0.3) is 0 Å². The zero-order valence-corrected chi connectivity index (χ0v) is 12.1. The van der Waals surface area contributed by atoms with E-state index in [4.69, 9.17) is 0 Å². The SMILES string of the molecule is CCn1ncc(CNC(=O)/C=C/c2ccc(F)cc2)c1C. The lowest BCUT2D eigenvalue weighted by atomic mass is 10.2. The molecule has 110 valence electrons. The van der Waals surface area contributed by atoms with Gasteiger partial charge in [-0.05, 0) is 37.6 Å². The Labute approximate surface area is 123 Å². The first-order valence-electron chi connectivity index (χ1n) is 6.83. The van der Waals surface area contributed by atoms with E-state index in [1.54, 1.807) is 24.4 Å². The van der Waals surface area contributed by atoms with E-state index in [9.17, 15) is 9.18 Å². The number of nitrogens with zero attached hydrogens (tertiary/aromatic N) is 2. The van der Waals surface area contributed by atoms with Gasteiger partial charge in [0.2, 0.25) is 5.91 Å². The number of aromatic nitrogens is 2. The van der Waals surface area contributed by atoms with Gasteiger partial charge >= 0.3 is 0 Å². The van der Waals surface area contributed by atoms with E-state index in [-0.39, 0.29) is 11.7 Å². The average Bonchev–Trinajstić information content (AvgIpc) is 2.85. The van der Waals surface area contributed by atoms with Gasteiger partial charge in [0.15, 0.2) is 0 Å². The van der Waals surface area contributed by atoms with E-state index in [1.807, 2.05) is 18.5 Å². The fraction of sp³-hybridized carbons (Fsp3) is 0.250. The number of aryl methyl sites for hydroxylation is 1. The molecule has 0 aliphatic carbocycles. The van der Waals surface area contributed by atoms with Gasteiger partial charge in [-0.1, -0.05) is 12.1 Å². The Morgan fingerprint density at radius 1 is 1.38 bits per heavy atom. The van der Waals surface area contributed by atoms with E-state index >= 15 is 0 Å². The highest BCUT2D eigenvalue weighted by molar-refractivity contribution is 5.91. The number of halogens is 1. The van der Waals surface area contributed by atoms with Gasteiger partial charge in [-0.3, -0.25) is 9.48 Å². The Bertz CT molecular complexity index is 644. The molecule has 2 aromatic rings. The standard InChI is InChI=1S/C16H18FN3O/c1-3-20-12(2)14(11-19-20)10-18-16(21)9-6-13-4-7-15(17)8-5-13/h4-9,11H,3,10H2,1-2H3,(H,18,21)/b9-6+. The molecule has 4 nitrogen and oxygen atoms in total. The van der Waals surface area contributed by atoms with Crippen molar-refractivity contribution in [1.82, 2.24) is 15.1 Å². The summed E-state index contributed by atoms with van der Waals surface area (Å²) >= 11 is 0. The molecule has 0 spiro atoms. The molecule has 0 bridgehead atoms. The van der Waals surface area contributed by atoms with Crippen LogP contribution in [0.1, 0.15) is 23.7 Å². The first-order chi connectivity index (χ1) is 10.1. The Kier molecular flexibility index (Phi) is 4.87. The third-order valence-corrected chi connectivity index (χ3v) is 3.25. The number of benzene rings is 1. The van der Waals surface area contributed by atoms with Crippen molar-refractivity contribution in [3.8, 4) is 0 Å². The Morgan fingerprint density at radius 2 is 2.10 bits per heavy atom. The van der Waals surface area contributed by atoms with Crippen LogP contribution >= 0.6 is 0 Å². The molecule has 0 atom stereocenters. The van der Waals surface area contributed by atoms with Crippen LogP contribution < -0.4 is 5.32 Å². The lowest BCUT2D eigenvalue weighted by Crippen LogP contribution is -2.20. The van der Waals surface area contributed by atoms with Crippen LogP contribution in [0.15, 0.2) is 36.5 Å². The third-order valence-electron chi connectivity index (χ3n) is 3.25. The highest BCUT2D eigenvalue weighted by Gasteiger charge is 2.05. The quantitative estimate of drug-likeness (QED) is 0.859. The van der Waals surface area contributed by atoms with Crippen molar-refractivity contribution in [1.29, 1.82) is 0 Å². The van der Waals surface area contributed by atoms with Crippen LogP contribution in [0.25, 0.3) is 6.08 Å². The second kappa shape index (κ2) is 6.83. The summed E-state index contributed by atoms with van der Waals surface area (Å²) in [5, 5.41) is 7.03. The number of hydrogen-bond donors (Lipinski definition) is 1. The van der Waals surface area contributed by atoms with Crippen LogP contribution in [-0.4, -0.2) is 15.7 Å². The van der Waals surface area contributed by atoms with Crippen LogP contribution in [0.2, 0.25) is 0 Å². The Hall–Kier alpha value is -2.43. The number of hydrogen-bond acceptors (Lipinski definition) is 2. The maximum atomic E-state index is 12.8. The fourth-order valence-corrected chi connectivity index (χ4v) is 1.96. The van der Waals surface area contributed by atoms with Crippen LogP contribution in [0, 0.1) is 12.7 Å². The summed E-state index contributed by atoms with van der Waals surface area (Å²) in [4.78, 5) is 11.7. The van der Waals surface area contributed by atoms with E-state index in [0.29, 0.717) is 6.54 Å². The molecule has 0 radical (unpaired) electrons. The summed E-state index contributed by atoms with van der Waals surface area (Å²) in [6.07, 6.45) is 4.85. The largest absolute Gasteiger partial charge is 0.348 e. The predicted octanol–water partition coefficient (Wildman–Crippen LogP) is 2.68. The van der Waals surface area contributed by atoms with Crippen molar-refractivity contribution in [3.05, 3.63) is 59.2 Å². The second-order valence-electron chi connectivity index (χ2n) is 4.67. The smallest absolute Gasteiger partial charge is 0.244 e. The zero-order chi connectivity index (χ0) is 15.2. The number of carbonyl (C=O) groups excluding carboxylic acids is 1. The maximum Gasteiger partial charge on any atom is 0.244 e. The summed E-state index contributed by atoms with van der Waals surface area (Å²) in [6.45, 7) is 5.25. The summed E-state index contributed by atoms with van der Waals surface area (Å²) < 4.78 is 14.6. The van der Waals surface area contributed by atoms with Crippen LogP contribution in [-0.2, 0) is 17.9 Å². The fourth-order valence-electron chi connectivity index (χ4n) is 1.96. The molecule has 0 saturated heterocycles. The lowest BCUT2D eigenvalue weighted by Gasteiger charge is -2.03. The molecule has 0 unspecified atom stereocenters. The van der Waals surface area contributed by atoms with E-state index in [0.717, 1.165) is 23.4 Å². The molecule has 21 heavy (non-hydrogen) atoms. The van der Waals surface area contributed by atoms with Gasteiger partial charge in [-0.2, -0.15) is 5.10 Å². The van der Waals surface area contributed by atoms with Crippen molar-refractivity contribution >= 4 is 12.0 Å². The second-order valence-corrected chi connectivity index (χ2v) is 4.67. The topological polar surface area (TPSA) is 46.9 Å². The number of amides is 1. The van der Waals surface area contributed by atoms with Crippen molar-refractivity contribution < 1.29 is 9.18 Å². The molecule has 1 amide bonds. The van der Waals surface area contributed by atoms with Crippen LogP contribution in [0.3, 0.4) is 0 Å². The first kappa shape index (κ1) is 15.0. The molecule has 1 aromatic heterocycles. The molecule has 1 aromatic carbocycles. The normalized spacial score (nSPS) is 11.0. The van der Waals surface area contributed by atoms with Gasteiger partial charge in [-0.15, -0.1) is 0 Å².